The van der Waals surface area contributed by atoms with Crippen LogP contribution in [0.3, 0.4) is 0 Å². The van der Waals surface area contributed by atoms with E-state index in [0.29, 0.717) is 17.6 Å². The number of esters is 2. The van der Waals surface area contributed by atoms with Gasteiger partial charge in [0.05, 0.1) is 12.0 Å². The van der Waals surface area contributed by atoms with E-state index in [-0.39, 0.29) is 40.4 Å². The Morgan fingerprint density at radius 2 is 1.77 bits per heavy atom. The highest BCUT2D eigenvalue weighted by Gasteiger charge is 2.26. The van der Waals surface area contributed by atoms with E-state index in [9.17, 15) is 14.4 Å². The molecule has 0 aliphatic heterocycles. The summed E-state index contributed by atoms with van der Waals surface area (Å²) in [7, 11) is 0. The molecule has 0 aliphatic rings. The van der Waals surface area contributed by atoms with E-state index >= 15 is 0 Å². The summed E-state index contributed by atoms with van der Waals surface area (Å²) in [6, 6.07) is 12.0. The van der Waals surface area contributed by atoms with Gasteiger partial charge in [0.2, 0.25) is 11.2 Å². The number of carbonyl (C=O) groups excluding carboxylic acids is 2. The van der Waals surface area contributed by atoms with E-state index in [1.807, 2.05) is 25.1 Å². The van der Waals surface area contributed by atoms with Gasteiger partial charge in [-0.2, -0.15) is 0 Å². The molecule has 2 heterocycles. The van der Waals surface area contributed by atoms with Crippen molar-refractivity contribution in [2.24, 2.45) is 0 Å². The molecule has 0 N–H and O–H groups in total. The van der Waals surface area contributed by atoms with E-state index in [0.717, 1.165) is 5.39 Å². The number of furan rings is 1. The van der Waals surface area contributed by atoms with Crippen LogP contribution in [0.5, 0.6) is 5.75 Å². The summed E-state index contributed by atoms with van der Waals surface area (Å²) in [5.74, 6) is -1.07. The SMILES string of the molecule is CCOC(=O)c1oc2cc(OC(C)=O)c(CC)cc2c(=O)c1-c1cc2ccccc2o1. The first kappa shape index (κ1) is 20.4. The van der Waals surface area contributed by atoms with Gasteiger partial charge >= 0.3 is 11.9 Å². The fourth-order valence-electron chi connectivity index (χ4n) is 3.46. The predicted molar refractivity (Wildman–Crippen MR) is 114 cm³/mol. The highest BCUT2D eigenvalue weighted by molar-refractivity contribution is 5.98. The summed E-state index contributed by atoms with van der Waals surface area (Å²) in [4.78, 5) is 37.6. The predicted octanol–water partition coefficient (Wildman–Crippen LogP) is 4.87. The van der Waals surface area contributed by atoms with Crippen molar-refractivity contribution in [3.8, 4) is 17.1 Å². The minimum absolute atomic E-state index is 0.00978. The molecule has 0 radical (unpaired) electrons. The number of aryl methyl sites for hydroxylation is 1. The molecule has 7 nitrogen and oxygen atoms in total. The Bertz CT molecular complexity index is 1340. The largest absolute Gasteiger partial charge is 0.460 e. The van der Waals surface area contributed by atoms with Crippen molar-refractivity contribution >= 4 is 33.9 Å². The lowest BCUT2D eigenvalue weighted by molar-refractivity contribution is -0.131. The number of fused-ring (bicyclic) bond motifs is 2. The fourth-order valence-corrected chi connectivity index (χ4v) is 3.46. The second-order valence-corrected chi connectivity index (χ2v) is 6.91. The minimum Gasteiger partial charge on any atom is -0.460 e. The number of para-hydroxylation sites is 1. The highest BCUT2D eigenvalue weighted by Crippen LogP contribution is 2.33. The molecule has 4 rings (SSSR count). The van der Waals surface area contributed by atoms with Gasteiger partial charge in [-0.3, -0.25) is 9.59 Å². The molecule has 0 bridgehead atoms. The van der Waals surface area contributed by atoms with Crippen LogP contribution < -0.4 is 10.2 Å². The highest BCUT2D eigenvalue weighted by atomic mass is 16.5. The second kappa shape index (κ2) is 8.10. The van der Waals surface area contributed by atoms with Crippen LogP contribution in [0, 0.1) is 0 Å². The summed E-state index contributed by atoms with van der Waals surface area (Å²) in [6.07, 6.45) is 0.525. The molecule has 158 valence electrons. The topological polar surface area (TPSA) is 96.0 Å². The molecule has 0 saturated carbocycles. The van der Waals surface area contributed by atoms with Gasteiger partial charge in [-0.05, 0) is 37.1 Å². The van der Waals surface area contributed by atoms with E-state index in [1.54, 1.807) is 25.1 Å². The molecule has 0 unspecified atom stereocenters. The van der Waals surface area contributed by atoms with Crippen LogP contribution in [0.25, 0.3) is 33.3 Å². The third-order valence-corrected chi connectivity index (χ3v) is 4.84. The van der Waals surface area contributed by atoms with E-state index < -0.39 is 17.4 Å². The number of carbonyl (C=O) groups is 2. The van der Waals surface area contributed by atoms with Crippen molar-refractivity contribution < 1.29 is 27.9 Å². The van der Waals surface area contributed by atoms with Gasteiger partial charge in [-0.1, -0.05) is 25.1 Å². The van der Waals surface area contributed by atoms with Crippen LogP contribution in [0.15, 0.2) is 56.1 Å². The smallest absolute Gasteiger partial charge is 0.375 e. The molecule has 0 spiro atoms. The third kappa shape index (κ3) is 3.70. The van der Waals surface area contributed by atoms with Gasteiger partial charge in [0.25, 0.3) is 0 Å². The maximum atomic E-state index is 13.5. The Hall–Kier alpha value is -3.87. The summed E-state index contributed by atoms with van der Waals surface area (Å²) < 4.78 is 22.0. The van der Waals surface area contributed by atoms with Crippen LogP contribution in [-0.2, 0) is 16.0 Å². The third-order valence-electron chi connectivity index (χ3n) is 4.84. The van der Waals surface area contributed by atoms with Gasteiger partial charge in [-0.15, -0.1) is 0 Å². The molecule has 0 fully saturated rings. The zero-order chi connectivity index (χ0) is 22.1. The fraction of sp³-hybridized carbons (Fsp3) is 0.208. The molecular weight excluding hydrogens is 400 g/mol. The maximum Gasteiger partial charge on any atom is 0.375 e. The first-order valence-corrected chi connectivity index (χ1v) is 9.91. The number of rotatable bonds is 5. The van der Waals surface area contributed by atoms with Crippen LogP contribution in [0.2, 0.25) is 0 Å². The Kier molecular flexibility index (Phi) is 5.33. The lowest BCUT2D eigenvalue weighted by atomic mass is 10.0. The summed E-state index contributed by atoms with van der Waals surface area (Å²) >= 11 is 0. The van der Waals surface area contributed by atoms with Gasteiger partial charge in [0.15, 0.2) is 0 Å². The molecule has 7 heteroatoms. The molecule has 0 amide bonds. The standard InChI is InChI=1S/C24H20O7/c1-4-14-10-16-19(12-18(14)29-13(3)25)31-23(24(27)28-5-2)21(22(16)26)20-11-15-8-6-7-9-17(15)30-20/h6-12H,4-5H2,1-3H3. The quantitative estimate of drug-likeness (QED) is 0.336. The number of hydrogen-bond acceptors (Lipinski definition) is 7. The molecule has 0 atom stereocenters. The van der Waals surface area contributed by atoms with Crippen molar-refractivity contribution in [2.75, 3.05) is 6.61 Å². The Labute approximate surface area is 177 Å². The van der Waals surface area contributed by atoms with Crippen molar-refractivity contribution in [3.05, 3.63) is 64.0 Å². The molecule has 4 aromatic rings. The van der Waals surface area contributed by atoms with Gasteiger partial charge in [0.1, 0.15) is 28.2 Å². The minimum atomic E-state index is -0.787. The average molecular weight is 420 g/mol. The summed E-state index contributed by atoms with van der Waals surface area (Å²) in [5, 5.41) is 1.03. The van der Waals surface area contributed by atoms with Crippen molar-refractivity contribution in [1.82, 2.24) is 0 Å². The number of benzene rings is 2. The van der Waals surface area contributed by atoms with Gasteiger partial charge < -0.3 is 18.3 Å². The van der Waals surface area contributed by atoms with E-state index in [2.05, 4.69) is 0 Å². The first-order valence-electron chi connectivity index (χ1n) is 9.91. The van der Waals surface area contributed by atoms with Crippen molar-refractivity contribution in [3.63, 3.8) is 0 Å². The van der Waals surface area contributed by atoms with E-state index in [4.69, 9.17) is 18.3 Å². The van der Waals surface area contributed by atoms with E-state index in [1.165, 1.54) is 13.0 Å². The zero-order valence-corrected chi connectivity index (χ0v) is 17.3. The van der Waals surface area contributed by atoms with Gasteiger partial charge in [-0.25, -0.2) is 4.79 Å². The number of hydrogen-bond donors (Lipinski definition) is 0. The van der Waals surface area contributed by atoms with Crippen molar-refractivity contribution in [1.29, 1.82) is 0 Å². The molecular formula is C24H20O7. The molecule has 2 aromatic heterocycles. The van der Waals surface area contributed by atoms with Crippen molar-refractivity contribution in [2.45, 2.75) is 27.2 Å². The average Bonchev–Trinajstić information content (AvgIpc) is 3.16. The summed E-state index contributed by atoms with van der Waals surface area (Å²) in [5.41, 5.74) is 0.902. The van der Waals surface area contributed by atoms with Crippen LogP contribution in [0.1, 0.15) is 36.9 Å². The Morgan fingerprint density at radius 3 is 2.45 bits per heavy atom. The number of ether oxygens (including phenoxy) is 2. The van der Waals surface area contributed by atoms with Crippen LogP contribution in [0.4, 0.5) is 0 Å². The monoisotopic (exact) mass is 420 g/mol. The lowest BCUT2D eigenvalue weighted by Gasteiger charge is -2.11. The Balaban J connectivity index is 2.04. The van der Waals surface area contributed by atoms with Crippen LogP contribution >= 0.6 is 0 Å². The molecule has 31 heavy (non-hydrogen) atoms. The van der Waals surface area contributed by atoms with Gasteiger partial charge in [0, 0.05) is 18.4 Å². The maximum absolute atomic E-state index is 13.5. The molecule has 0 saturated heterocycles. The van der Waals surface area contributed by atoms with Crippen LogP contribution in [-0.4, -0.2) is 18.5 Å². The normalized spacial score (nSPS) is 11.1. The summed E-state index contributed by atoms with van der Waals surface area (Å²) in [6.45, 7) is 4.93. The molecule has 0 aliphatic carbocycles. The zero-order valence-electron chi connectivity index (χ0n) is 17.3. The Morgan fingerprint density at radius 1 is 1.00 bits per heavy atom. The first-order chi connectivity index (χ1) is 14.9. The second-order valence-electron chi connectivity index (χ2n) is 6.91. The lowest BCUT2D eigenvalue weighted by Crippen LogP contribution is -2.15. The molecule has 2 aromatic carbocycles.